The number of likely N-dealkylation sites (N-methyl/N-ethyl adjacent to an activating group) is 1. The fourth-order valence-electron chi connectivity index (χ4n) is 2.26. The third-order valence-electron chi connectivity index (χ3n) is 3.37. The van der Waals surface area contributed by atoms with Crippen LogP contribution in [0, 0.1) is 0 Å². The van der Waals surface area contributed by atoms with Gasteiger partial charge in [0.05, 0.1) is 13.7 Å². The summed E-state index contributed by atoms with van der Waals surface area (Å²) in [5.74, 6) is 1.54. The zero-order valence-corrected chi connectivity index (χ0v) is 12.8. The van der Waals surface area contributed by atoms with E-state index in [0.29, 0.717) is 12.5 Å². The maximum absolute atomic E-state index is 5.57. The molecule has 21 heavy (non-hydrogen) atoms. The molecular weight excluding hydrogens is 264 g/mol. The molecule has 1 unspecified atom stereocenters. The van der Waals surface area contributed by atoms with Gasteiger partial charge >= 0.3 is 0 Å². The number of rotatable bonds is 7. The van der Waals surface area contributed by atoms with E-state index in [-0.39, 0.29) is 6.04 Å². The molecule has 0 aliphatic rings. The van der Waals surface area contributed by atoms with E-state index in [1.54, 1.807) is 7.11 Å². The van der Waals surface area contributed by atoms with Crippen LogP contribution in [0.2, 0.25) is 0 Å². The van der Waals surface area contributed by atoms with Crippen molar-refractivity contribution in [3.8, 4) is 11.6 Å². The molecule has 0 fully saturated rings. The zero-order valence-electron chi connectivity index (χ0n) is 12.8. The van der Waals surface area contributed by atoms with Crippen molar-refractivity contribution in [3.63, 3.8) is 0 Å². The van der Waals surface area contributed by atoms with Gasteiger partial charge in [-0.3, -0.25) is 0 Å². The molecule has 2 rings (SSSR count). The maximum atomic E-state index is 5.57. The van der Waals surface area contributed by atoms with Crippen LogP contribution < -0.4 is 14.8 Å². The third kappa shape index (κ3) is 4.20. The summed E-state index contributed by atoms with van der Waals surface area (Å²) in [5, 5.41) is 3.35. The number of pyridine rings is 1. The van der Waals surface area contributed by atoms with Gasteiger partial charge in [-0.25, -0.2) is 4.98 Å². The van der Waals surface area contributed by atoms with Crippen molar-refractivity contribution >= 4 is 0 Å². The van der Waals surface area contributed by atoms with Crippen molar-refractivity contribution in [3.05, 3.63) is 53.7 Å². The predicted octanol–water partition coefficient (Wildman–Crippen LogP) is 2.99. The van der Waals surface area contributed by atoms with Crippen molar-refractivity contribution < 1.29 is 9.47 Å². The van der Waals surface area contributed by atoms with Crippen LogP contribution in [0.1, 0.15) is 24.1 Å². The standard InChI is InChI=1S/C17H22N2O2/c1-4-21-15-7-5-6-14(11-15)16(18-2)10-13-8-9-17(20-3)19-12-13/h5-9,11-12,16,18H,4,10H2,1-3H3. The summed E-state index contributed by atoms with van der Waals surface area (Å²) >= 11 is 0. The number of methoxy groups -OCH3 is 1. The minimum absolute atomic E-state index is 0.223. The summed E-state index contributed by atoms with van der Waals surface area (Å²) in [6.45, 7) is 2.67. The molecule has 0 saturated carbocycles. The van der Waals surface area contributed by atoms with E-state index in [1.807, 2.05) is 44.4 Å². The van der Waals surface area contributed by atoms with Crippen LogP contribution in [0.25, 0.3) is 0 Å². The molecule has 0 saturated heterocycles. The third-order valence-corrected chi connectivity index (χ3v) is 3.37. The first-order valence-corrected chi connectivity index (χ1v) is 7.15. The topological polar surface area (TPSA) is 43.4 Å². The first kappa shape index (κ1) is 15.3. The van der Waals surface area contributed by atoms with Crippen LogP contribution >= 0.6 is 0 Å². The van der Waals surface area contributed by atoms with Gasteiger partial charge in [0, 0.05) is 18.3 Å². The van der Waals surface area contributed by atoms with E-state index >= 15 is 0 Å². The molecule has 0 radical (unpaired) electrons. The Morgan fingerprint density at radius 1 is 1.24 bits per heavy atom. The number of benzene rings is 1. The van der Waals surface area contributed by atoms with E-state index < -0.39 is 0 Å². The lowest BCUT2D eigenvalue weighted by Crippen LogP contribution is -2.19. The van der Waals surface area contributed by atoms with Crippen LogP contribution in [0.4, 0.5) is 0 Å². The minimum Gasteiger partial charge on any atom is -0.494 e. The normalized spacial score (nSPS) is 12.0. The first-order chi connectivity index (χ1) is 10.3. The molecule has 2 aromatic rings. The Balaban J connectivity index is 2.12. The van der Waals surface area contributed by atoms with E-state index in [2.05, 4.69) is 22.4 Å². The Hall–Kier alpha value is -2.07. The maximum Gasteiger partial charge on any atom is 0.212 e. The van der Waals surface area contributed by atoms with Crippen LogP contribution in [-0.2, 0) is 6.42 Å². The number of hydrogen-bond donors (Lipinski definition) is 1. The average Bonchev–Trinajstić information content (AvgIpc) is 2.54. The second-order valence-electron chi connectivity index (χ2n) is 4.76. The van der Waals surface area contributed by atoms with Gasteiger partial charge in [0.25, 0.3) is 0 Å². The highest BCUT2D eigenvalue weighted by atomic mass is 16.5. The van der Waals surface area contributed by atoms with E-state index in [0.717, 1.165) is 17.7 Å². The average molecular weight is 286 g/mol. The largest absolute Gasteiger partial charge is 0.494 e. The zero-order chi connectivity index (χ0) is 15.1. The van der Waals surface area contributed by atoms with E-state index in [9.17, 15) is 0 Å². The lowest BCUT2D eigenvalue weighted by molar-refractivity contribution is 0.339. The molecule has 4 heteroatoms. The molecule has 0 bridgehead atoms. The van der Waals surface area contributed by atoms with Gasteiger partial charge in [0.2, 0.25) is 5.88 Å². The van der Waals surface area contributed by atoms with Crippen molar-refractivity contribution in [2.24, 2.45) is 0 Å². The number of ether oxygens (including phenoxy) is 2. The molecule has 0 amide bonds. The summed E-state index contributed by atoms with van der Waals surface area (Å²) in [6.07, 6.45) is 2.72. The number of aromatic nitrogens is 1. The smallest absolute Gasteiger partial charge is 0.212 e. The molecule has 1 N–H and O–H groups in total. The van der Waals surface area contributed by atoms with Gasteiger partial charge < -0.3 is 14.8 Å². The summed E-state index contributed by atoms with van der Waals surface area (Å²) in [4.78, 5) is 4.25. The fourth-order valence-corrected chi connectivity index (χ4v) is 2.26. The monoisotopic (exact) mass is 286 g/mol. The van der Waals surface area contributed by atoms with Gasteiger partial charge in [-0.1, -0.05) is 18.2 Å². The second kappa shape index (κ2) is 7.64. The lowest BCUT2D eigenvalue weighted by atomic mass is 10.00. The quantitative estimate of drug-likeness (QED) is 0.849. The second-order valence-corrected chi connectivity index (χ2v) is 4.76. The Morgan fingerprint density at radius 3 is 2.71 bits per heavy atom. The Labute approximate surface area is 126 Å². The van der Waals surface area contributed by atoms with Crippen LogP contribution in [0.5, 0.6) is 11.6 Å². The van der Waals surface area contributed by atoms with Crippen molar-refractivity contribution in [2.75, 3.05) is 20.8 Å². The van der Waals surface area contributed by atoms with Crippen molar-refractivity contribution in [1.82, 2.24) is 10.3 Å². The van der Waals surface area contributed by atoms with Crippen molar-refractivity contribution in [2.45, 2.75) is 19.4 Å². The number of hydrogen-bond acceptors (Lipinski definition) is 4. The van der Waals surface area contributed by atoms with E-state index in [1.165, 1.54) is 5.56 Å². The van der Waals surface area contributed by atoms with Crippen LogP contribution in [-0.4, -0.2) is 25.7 Å². The van der Waals surface area contributed by atoms with Gasteiger partial charge in [-0.2, -0.15) is 0 Å². The van der Waals surface area contributed by atoms with E-state index in [4.69, 9.17) is 9.47 Å². The Kier molecular flexibility index (Phi) is 5.58. The SMILES string of the molecule is CCOc1cccc(C(Cc2ccc(OC)nc2)NC)c1. The summed E-state index contributed by atoms with van der Waals surface area (Å²) in [6, 6.07) is 12.4. The molecule has 0 aliphatic heterocycles. The number of nitrogens with zero attached hydrogens (tertiary/aromatic N) is 1. The molecule has 0 aliphatic carbocycles. The van der Waals surface area contributed by atoms with Gasteiger partial charge in [-0.15, -0.1) is 0 Å². The van der Waals surface area contributed by atoms with Crippen molar-refractivity contribution in [1.29, 1.82) is 0 Å². The van der Waals surface area contributed by atoms with Gasteiger partial charge in [-0.05, 0) is 43.7 Å². The number of nitrogens with one attached hydrogen (secondary N) is 1. The molecule has 0 spiro atoms. The first-order valence-electron chi connectivity index (χ1n) is 7.15. The molecule has 1 aromatic heterocycles. The molecule has 1 heterocycles. The fraction of sp³-hybridized carbons (Fsp3) is 0.353. The molecule has 112 valence electrons. The summed E-state index contributed by atoms with van der Waals surface area (Å²) < 4.78 is 10.6. The predicted molar refractivity (Wildman–Crippen MR) is 83.9 cm³/mol. The lowest BCUT2D eigenvalue weighted by Gasteiger charge is -2.17. The highest BCUT2D eigenvalue weighted by Crippen LogP contribution is 2.22. The Morgan fingerprint density at radius 2 is 2.10 bits per heavy atom. The highest BCUT2D eigenvalue weighted by Gasteiger charge is 2.11. The molecule has 1 atom stereocenters. The summed E-state index contributed by atoms with van der Waals surface area (Å²) in [5.41, 5.74) is 2.37. The molecule has 1 aromatic carbocycles. The van der Waals surface area contributed by atoms with Gasteiger partial charge in [0.1, 0.15) is 5.75 Å². The molecule has 4 nitrogen and oxygen atoms in total. The van der Waals surface area contributed by atoms with Crippen LogP contribution in [0.3, 0.4) is 0 Å². The highest BCUT2D eigenvalue weighted by molar-refractivity contribution is 5.32. The minimum atomic E-state index is 0.223. The van der Waals surface area contributed by atoms with Crippen LogP contribution in [0.15, 0.2) is 42.6 Å². The summed E-state index contributed by atoms with van der Waals surface area (Å²) in [7, 11) is 3.59. The Bertz CT molecular complexity index is 555. The van der Waals surface area contributed by atoms with Gasteiger partial charge in [0.15, 0.2) is 0 Å². The molecular formula is C17H22N2O2.